The number of carboxylic acid groups (broad SMARTS) is 1. The lowest BCUT2D eigenvalue weighted by atomic mass is 9.93. The van der Waals surface area contributed by atoms with Crippen molar-refractivity contribution in [1.29, 1.82) is 0 Å². The first kappa shape index (κ1) is 19.1. The summed E-state index contributed by atoms with van der Waals surface area (Å²) in [4.78, 5) is 38.0. The molecule has 23 heavy (non-hydrogen) atoms. The minimum absolute atomic E-state index is 0.0148. The first-order chi connectivity index (χ1) is 10.7. The van der Waals surface area contributed by atoms with Crippen LogP contribution in [0.2, 0.25) is 0 Å². The van der Waals surface area contributed by atoms with Crippen molar-refractivity contribution in [2.45, 2.75) is 51.9 Å². The number of thiazole rings is 1. The molecule has 1 aromatic rings. The number of aliphatic carboxylic acids is 1. The van der Waals surface area contributed by atoms with E-state index in [0.717, 1.165) is 5.69 Å². The predicted molar refractivity (Wildman–Crippen MR) is 88.6 cm³/mol. The quantitative estimate of drug-likeness (QED) is 0.628. The highest BCUT2D eigenvalue weighted by Gasteiger charge is 2.18. The molecule has 0 aliphatic heterocycles. The molecule has 0 spiro atoms. The minimum atomic E-state index is -0.892. The summed E-state index contributed by atoms with van der Waals surface area (Å²) in [5, 5.41) is 16.2. The van der Waals surface area contributed by atoms with Crippen LogP contribution < -0.4 is 10.6 Å². The molecule has 7 nitrogen and oxygen atoms in total. The van der Waals surface area contributed by atoms with Crippen molar-refractivity contribution in [3.8, 4) is 0 Å². The molecule has 1 aromatic heterocycles. The van der Waals surface area contributed by atoms with Gasteiger partial charge in [0.25, 0.3) is 0 Å². The lowest BCUT2D eigenvalue weighted by molar-refractivity contribution is -0.137. The summed E-state index contributed by atoms with van der Waals surface area (Å²) in [5.41, 5.74) is 0.837. The molecule has 0 unspecified atom stereocenters. The van der Waals surface area contributed by atoms with Crippen molar-refractivity contribution in [2.75, 3.05) is 11.9 Å². The molecule has 1 rings (SSSR count). The maximum atomic E-state index is 11.8. The van der Waals surface area contributed by atoms with Gasteiger partial charge in [0.2, 0.25) is 11.8 Å². The van der Waals surface area contributed by atoms with Crippen LogP contribution in [0, 0.1) is 0 Å². The third-order valence-electron chi connectivity index (χ3n) is 2.99. The van der Waals surface area contributed by atoms with E-state index in [-0.39, 0.29) is 36.5 Å². The number of aromatic nitrogens is 1. The molecule has 0 saturated heterocycles. The lowest BCUT2D eigenvalue weighted by Gasteiger charge is -2.14. The summed E-state index contributed by atoms with van der Waals surface area (Å²) < 4.78 is 0. The van der Waals surface area contributed by atoms with E-state index >= 15 is 0 Å². The Labute approximate surface area is 139 Å². The Morgan fingerprint density at radius 1 is 1.17 bits per heavy atom. The first-order valence-corrected chi connectivity index (χ1v) is 8.31. The number of nitrogens with one attached hydrogen (secondary N) is 2. The van der Waals surface area contributed by atoms with Crippen LogP contribution in [0.15, 0.2) is 5.38 Å². The zero-order valence-corrected chi connectivity index (χ0v) is 14.5. The number of rotatable bonds is 8. The van der Waals surface area contributed by atoms with Gasteiger partial charge in [0.1, 0.15) is 0 Å². The summed E-state index contributed by atoms with van der Waals surface area (Å²) >= 11 is 1.36. The van der Waals surface area contributed by atoms with Crippen molar-refractivity contribution in [1.82, 2.24) is 10.3 Å². The summed E-state index contributed by atoms with van der Waals surface area (Å²) in [7, 11) is 0. The van der Waals surface area contributed by atoms with Crippen molar-refractivity contribution >= 4 is 34.3 Å². The van der Waals surface area contributed by atoms with Gasteiger partial charge < -0.3 is 15.7 Å². The standard InChI is InChI=1S/C15H23N3O4S/c1-15(2,3)10-9-23-14(17-10)18-12(20)7-6-11(19)16-8-4-5-13(21)22/h9H,4-8H2,1-3H3,(H,16,19)(H,21,22)(H,17,18,20). The van der Waals surface area contributed by atoms with Crippen LogP contribution in [0.4, 0.5) is 5.13 Å². The van der Waals surface area contributed by atoms with Crippen LogP contribution >= 0.6 is 11.3 Å². The van der Waals surface area contributed by atoms with Crippen LogP contribution in [-0.2, 0) is 19.8 Å². The van der Waals surface area contributed by atoms with E-state index in [1.54, 1.807) is 0 Å². The van der Waals surface area contributed by atoms with E-state index in [1.165, 1.54) is 11.3 Å². The van der Waals surface area contributed by atoms with Gasteiger partial charge in [0.15, 0.2) is 5.13 Å². The SMILES string of the molecule is CC(C)(C)c1csc(NC(=O)CCC(=O)NCCCC(=O)O)n1. The Kier molecular flexibility index (Phi) is 7.15. The summed E-state index contributed by atoms with van der Waals surface area (Å²) in [6, 6.07) is 0. The van der Waals surface area contributed by atoms with E-state index < -0.39 is 5.97 Å². The van der Waals surface area contributed by atoms with Crippen LogP contribution in [0.1, 0.15) is 52.1 Å². The Bertz CT molecular complexity index is 563. The van der Waals surface area contributed by atoms with Gasteiger partial charge in [-0.3, -0.25) is 14.4 Å². The van der Waals surface area contributed by atoms with Crippen molar-refractivity contribution in [2.24, 2.45) is 0 Å². The molecule has 0 bridgehead atoms. The molecule has 0 radical (unpaired) electrons. The molecule has 8 heteroatoms. The Morgan fingerprint density at radius 2 is 1.83 bits per heavy atom. The molecule has 0 atom stereocenters. The highest BCUT2D eigenvalue weighted by Crippen LogP contribution is 2.26. The monoisotopic (exact) mass is 341 g/mol. The van der Waals surface area contributed by atoms with Gasteiger partial charge in [0.05, 0.1) is 5.69 Å². The van der Waals surface area contributed by atoms with Crippen molar-refractivity contribution in [3.63, 3.8) is 0 Å². The Balaban J connectivity index is 2.27. The average Bonchev–Trinajstić information content (AvgIpc) is 2.89. The van der Waals surface area contributed by atoms with E-state index in [1.807, 2.05) is 26.2 Å². The smallest absolute Gasteiger partial charge is 0.303 e. The van der Waals surface area contributed by atoms with Crippen LogP contribution in [0.3, 0.4) is 0 Å². The van der Waals surface area contributed by atoms with E-state index in [0.29, 0.717) is 18.1 Å². The third-order valence-corrected chi connectivity index (χ3v) is 3.75. The van der Waals surface area contributed by atoms with Gasteiger partial charge in [-0.1, -0.05) is 20.8 Å². The molecular formula is C15H23N3O4S. The van der Waals surface area contributed by atoms with Crippen LogP contribution in [-0.4, -0.2) is 34.4 Å². The number of anilines is 1. The Morgan fingerprint density at radius 3 is 2.39 bits per heavy atom. The van der Waals surface area contributed by atoms with Crippen LogP contribution in [0.25, 0.3) is 0 Å². The molecule has 2 amide bonds. The van der Waals surface area contributed by atoms with Gasteiger partial charge in [-0.05, 0) is 6.42 Å². The summed E-state index contributed by atoms with van der Waals surface area (Å²) in [5.74, 6) is -1.42. The predicted octanol–water partition coefficient (Wildman–Crippen LogP) is 2.14. The maximum Gasteiger partial charge on any atom is 0.303 e. The number of carboxylic acids is 1. The number of hydrogen-bond acceptors (Lipinski definition) is 5. The first-order valence-electron chi connectivity index (χ1n) is 7.43. The third kappa shape index (κ3) is 7.73. The van der Waals surface area contributed by atoms with Crippen molar-refractivity contribution < 1.29 is 19.5 Å². The number of carbonyl (C=O) groups excluding carboxylic acids is 2. The molecule has 3 N–H and O–H groups in total. The van der Waals surface area contributed by atoms with Gasteiger partial charge in [-0.2, -0.15) is 0 Å². The van der Waals surface area contributed by atoms with Gasteiger partial charge in [0, 0.05) is 36.6 Å². The summed E-state index contributed by atoms with van der Waals surface area (Å²) in [6.45, 7) is 6.43. The van der Waals surface area contributed by atoms with E-state index in [2.05, 4.69) is 15.6 Å². The van der Waals surface area contributed by atoms with Gasteiger partial charge in [-0.15, -0.1) is 11.3 Å². The fourth-order valence-corrected chi connectivity index (χ4v) is 2.59. The molecule has 1 heterocycles. The van der Waals surface area contributed by atoms with E-state index in [4.69, 9.17) is 5.11 Å². The number of hydrogen-bond donors (Lipinski definition) is 3. The summed E-state index contributed by atoms with van der Waals surface area (Å²) in [6.07, 6.45) is 0.522. The average molecular weight is 341 g/mol. The second-order valence-electron chi connectivity index (χ2n) is 6.18. The largest absolute Gasteiger partial charge is 0.481 e. The molecule has 0 aliphatic rings. The fourth-order valence-electron chi connectivity index (χ4n) is 1.64. The second kappa shape index (κ2) is 8.61. The van der Waals surface area contributed by atoms with Gasteiger partial charge in [-0.25, -0.2) is 4.98 Å². The minimum Gasteiger partial charge on any atom is -0.481 e. The molecule has 0 fully saturated rings. The molecular weight excluding hydrogens is 318 g/mol. The highest BCUT2D eigenvalue weighted by molar-refractivity contribution is 7.13. The zero-order valence-electron chi connectivity index (χ0n) is 13.6. The van der Waals surface area contributed by atoms with Crippen LogP contribution in [0.5, 0.6) is 0 Å². The Hall–Kier alpha value is -1.96. The number of nitrogens with zero attached hydrogens (tertiary/aromatic N) is 1. The second-order valence-corrected chi connectivity index (χ2v) is 7.04. The zero-order chi connectivity index (χ0) is 17.5. The topological polar surface area (TPSA) is 108 Å². The number of amides is 2. The number of carbonyl (C=O) groups is 3. The van der Waals surface area contributed by atoms with Gasteiger partial charge >= 0.3 is 5.97 Å². The van der Waals surface area contributed by atoms with Crippen molar-refractivity contribution in [3.05, 3.63) is 11.1 Å². The molecule has 0 saturated carbocycles. The highest BCUT2D eigenvalue weighted by atomic mass is 32.1. The lowest BCUT2D eigenvalue weighted by Crippen LogP contribution is -2.26. The maximum absolute atomic E-state index is 11.8. The molecule has 0 aliphatic carbocycles. The van der Waals surface area contributed by atoms with E-state index in [9.17, 15) is 14.4 Å². The molecule has 128 valence electrons. The fraction of sp³-hybridized carbons (Fsp3) is 0.600. The normalized spacial score (nSPS) is 11.1. The molecule has 0 aromatic carbocycles.